The summed E-state index contributed by atoms with van der Waals surface area (Å²) in [7, 11) is 0. The van der Waals surface area contributed by atoms with Crippen molar-refractivity contribution in [3.63, 3.8) is 0 Å². The minimum absolute atomic E-state index is 0.340. The van der Waals surface area contributed by atoms with E-state index in [2.05, 4.69) is 26.3 Å². The molecule has 4 N–H and O–H groups in total. The zero-order valence-electron chi connectivity index (χ0n) is 16.7. The average Bonchev–Trinajstić information content (AvgIpc) is 3.41. The highest BCUT2D eigenvalue weighted by molar-refractivity contribution is 7.19. The Labute approximate surface area is 197 Å². The number of pyridine rings is 1. The van der Waals surface area contributed by atoms with Crippen molar-refractivity contribution in [3.8, 4) is 38.3 Å². The summed E-state index contributed by atoms with van der Waals surface area (Å²) in [6.07, 6.45) is 4.92. The number of halogens is 2. The summed E-state index contributed by atoms with van der Waals surface area (Å²) in [6, 6.07) is 10.2. The molecule has 0 aliphatic rings. The molecule has 0 radical (unpaired) electrons. The van der Waals surface area contributed by atoms with Crippen LogP contribution >= 0.6 is 34.5 Å². The highest BCUT2D eigenvalue weighted by Gasteiger charge is 2.25. The van der Waals surface area contributed by atoms with Crippen molar-refractivity contribution >= 4 is 46.3 Å². The van der Waals surface area contributed by atoms with Gasteiger partial charge in [0.05, 0.1) is 21.4 Å². The van der Waals surface area contributed by atoms with Gasteiger partial charge in [0, 0.05) is 39.8 Å². The van der Waals surface area contributed by atoms with Crippen LogP contribution in [0.1, 0.15) is 12.5 Å². The lowest BCUT2D eigenvalue weighted by molar-refractivity contribution is -0.117. The molecule has 160 valence electrons. The fourth-order valence-electron chi connectivity index (χ4n) is 3.13. The van der Waals surface area contributed by atoms with E-state index in [0.29, 0.717) is 48.8 Å². The Morgan fingerprint density at radius 2 is 2.03 bits per heavy atom. The Kier molecular flexibility index (Phi) is 6.26. The van der Waals surface area contributed by atoms with E-state index in [-0.39, 0.29) is 5.91 Å². The summed E-state index contributed by atoms with van der Waals surface area (Å²) in [5.74, 6) is 0.595. The van der Waals surface area contributed by atoms with Crippen molar-refractivity contribution < 1.29 is 4.79 Å². The number of rotatable bonds is 5. The fraction of sp³-hybridized carbons (Fsp3) is 0.0909. The van der Waals surface area contributed by atoms with Crippen LogP contribution in [0.2, 0.25) is 10.0 Å². The van der Waals surface area contributed by atoms with E-state index in [9.17, 15) is 10.1 Å². The molecule has 0 fully saturated rings. The number of aromatic nitrogens is 3. The number of carbonyl (C=O) groups is 1. The molecule has 1 atom stereocenters. The zero-order chi connectivity index (χ0) is 22.8. The van der Waals surface area contributed by atoms with Crippen molar-refractivity contribution in [3.05, 3.63) is 64.5 Å². The smallest absolute Gasteiger partial charge is 0.242 e. The molecule has 3 aromatic heterocycles. The van der Waals surface area contributed by atoms with E-state index < -0.39 is 6.04 Å². The molecule has 3 heterocycles. The second-order valence-corrected chi connectivity index (χ2v) is 8.76. The third kappa shape index (κ3) is 4.24. The van der Waals surface area contributed by atoms with E-state index in [1.165, 1.54) is 11.3 Å². The topological polar surface area (TPSA) is 120 Å². The Morgan fingerprint density at radius 1 is 1.22 bits per heavy atom. The maximum Gasteiger partial charge on any atom is 0.242 e. The first kappa shape index (κ1) is 22.0. The minimum Gasteiger partial charge on any atom is -0.344 e. The predicted molar refractivity (Wildman–Crippen MR) is 128 cm³/mol. The largest absolute Gasteiger partial charge is 0.344 e. The Morgan fingerprint density at radius 3 is 2.69 bits per heavy atom. The van der Waals surface area contributed by atoms with Crippen molar-refractivity contribution in [2.45, 2.75) is 13.0 Å². The van der Waals surface area contributed by atoms with Gasteiger partial charge in [0.25, 0.3) is 0 Å². The Hall–Kier alpha value is -3.22. The molecule has 1 unspecified atom stereocenters. The number of imidazole rings is 1. The van der Waals surface area contributed by atoms with Crippen LogP contribution in [0, 0.1) is 11.3 Å². The first-order valence-corrected chi connectivity index (χ1v) is 11.0. The molecule has 0 aliphatic carbocycles. The summed E-state index contributed by atoms with van der Waals surface area (Å²) in [5.41, 5.74) is 8.10. The number of thiophene rings is 1. The summed E-state index contributed by atoms with van der Waals surface area (Å²) >= 11 is 14.0. The first-order valence-electron chi connectivity index (χ1n) is 9.44. The van der Waals surface area contributed by atoms with E-state index in [0.717, 1.165) is 4.88 Å². The molecular formula is C22H16Cl2N6OS. The molecule has 1 aromatic carbocycles. The molecule has 0 spiro atoms. The van der Waals surface area contributed by atoms with Crippen LogP contribution in [0.3, 0.4) is 0 Å². The number of aromatic amines is 1. The van der Waals surface area contributed by atoms with Gasteiger partial charge in [-0.1, -0.05) is 29.3 Å². The second kappa shape index (κ2) is 9.10. The summed E-state index contributed by atoms with van der Waals surface area (Å²) in [5, 5.41) is 13.7. The van der Waals surface area contributed by atoms with Gasteiger partial charge in [0.15, 0.2) is 0 Å². The first-order chi connectivity index (χ1) is 15.4. The van der Waals surface area contributed by atoms with Gasteiger partial charge in [-0.15, -0.1) is 11.3 Å². The van der Waals surface area contributed by atoms with E-state index in [1.54, 1.807) is 55.8 Å². The van der Waals surface area contributed by atoms with Gasteiger partial charge >= 0.3 is 0 Å². The molecule has 10 heteroatoms. The van der Waals surface area contributed by atoms with Gasteiger partial charge in [-0.05, 0) is 36.8 Å². The highest BCUT2D eigenvalue weighted by atomic mass is 35.5. The SMILES string of the molecule is CC(N)C(=O)Nc1cc(-c2sc(-c3ncc[nH]3)c(-c3ccc(Cl)cc3Cl)c2C#N)ccn1. The van der Waals surface area contributed by atoms with E-state index in [4.69, 9.17) is 28.9 Å². The lowest BCUT2D eigenvalue weighted by Gasteiger charge is -2.08. The molecule has 7 nitrogen and oxygen atoms in total. The van der Waals surface area contributed by atoms with Crippen molar-refractivity contribution in [2.24, 2.45) is 5.73 Å². The molecular weight excluding hydrogens is 467 g/mol. The van der Waals surface area contributed by atoms with E-state index >= 15 is 0 Å². The van der Waals surface area contributed by atoms with Crippen LogP contribution in [0.4, 0.5) is 5.82 Å². The summed E-state index contributed by atoms with van der Waals surface area (Å²) in [6.45, 7) is 1.59. The second-order valence-electron chi connectivity index (χ2n) is 6.89. The number of nitrogens with zero attached hydrogens (tertiary/aromatic N) is 3. The maximum atomic E-state index is 12.0. The van der Waals surface area contributed by atoms with Crippen LogP contribution in [-0.2, 0) is 4.79 Å². The normalized spacial score (nSPS) is 11.7. The number of hydrogen-bond donors (Lipinski definition) is 3. The monoisotopic (exact) mass is 482 g/mol. The van der Waals surface area contributed by atoms with Gasteiger partial charge in [-0.3, -0.25) is 4.79 Å². The van der Waals surface area contributed by atoms with Gasteiger partial charge in [0.2, 0.25) is 5.91 Å². The Bertz CT molecular complexity index is 1340. The molecule has 4 rings (SSSR count). The number of carbonyl (C=O) groups excluding carboxylic acids is 1. The third-order valence-electron chi connectivity index (χ3n) is 4.62. The highest BCUT2D eigenvalue weighted by Crippen LogP contribution is 2.48. The van der Waals surface area contributed by atoms with E-state index in [1.807, 2.05) is 0 Å². The number of amides is 1. The van der Waals surface area contributed by atoms with Crippen molar-refractivity contribution in [2.75, 3.05) is 5.32 Å². The number of anilines is 1. The standard InChI is InChI=1S/C22H16Cl2N6OS/c1-11(26)22(31)30-17-8-12(4-5-27-17)19-15(10-25)18(14-3-2-13(23)9-16(14)24)20(32-19)21-28-6-7-29-21/h2-9,11H,26H2,1H3,(H,28,29)(H,27,30,31). The third-order valence-corrected chi connectivity index (χ3v) is 6.41. The van der Waals surface area contributed by atoms with Crippen LogP contribution in [0.5, 0.6) is 0 Å². The predicted octanol–water partition coefficient (Wildman–Crippen LogP) is 5.33. The summed E-state index contributed by atoms with van der Waals surface area (Å²) < 4.78 is 0. The fourth-order valence-corrected chi connectivity index (χ4v) is 4.85. The number of nitrogens with one attached hydrogen (secondary N) is 2. The molecule has 32 heavy (non-hydrogen) atoms. The van der Waals surface area contributed by atoms with Crippen LogP contribution in [0.25, 0.3) is 32.3 Å². The van der Waals surface area contributed by atoms with Crippen molar-refractivity contribution in [1.82, 2.24) is 15.0 Å². The number of benzene rings is 1. The lowest BCUT2D eigenvalue weighted by atomic mass is 9.98. The lowest BCUT2D eigenvalue weighted by Crippen LogP contribution is -2.32. The molecule has 1 amide bonds. The van der Waals surface area contributed by atoms with Crippen LogP contribution < -0.4 is 11.1 Å². The van der Waals surface area contributed by atoms with Crippen molar-refractivity contribution in [1.29, 1.82) is 5.26 Å². The number of H-pyrrole nitrogens is 1. The molecule has 0 saturated heterocycles. The molecule has 4 aromatic rings. The average molecular weight is 483 g/mol. The van der Waals surface area contributed by atoms with Gasteiger partial charge in [-0.2, -0.15) is 5.26 Å². The van der Waals surface area contributed by atoms with Gasteiger partial charge in [-0.25, -0.2) is 9.97 Å². The van der Waals surface area contributed by atoms with Crippen LogP contribution in [0.15, 0.2) is 48.9 Å². The number of nitriles is 1. The molecule has 0 aliphatic heterocycles. The molecule has 0 bridgehead atoms. The minimum atomic E-state index is -0.680. The van der Waals surface area contributed by atoms with Gasteiger partial charge in [0.1, 0.15) is 17.7 Å². The van der Waals surface area contributed by atoms with Gasteiger partial charge < -0.3 is 16.0 Å². The zero-order valence-corrected chi connectivity index (χ0v) is 19.0. The summed E-state index contributed by atoms with van der Waals surface area (Å²) in [4.78, 5) is 25.1. The van der Waals surface area contributed by atoms with Crippen LogP contribution in [-0.4, -0.2) is 26.9 Å². The number of hydrogen-bond acceptors (Lipinski definition) is 6. The Balaban J connectivity index is 1.92. The number of nitrogens with two attached hydrogens (primary N) is 1. The quantitative estimate of drug-likeness (QED) is 0.354. The maximum absolute atomic E-state index is 12.0. The molecule has 0 saturated carbocycles.